The molecule has 12 heteroatoms. The fourth-order valence-electron chi connectivity index (χ4n) is 5.09. The number of pyridine rings is 1. The van der Waals surface area contributed by atoms with Gasteiger partial charge in [-0.3, -0.25) is 0 Å². The molecule has 3 fully saturated rings. The van der Waals surface area contributed by atoms with E-state index in [0.29, 0.717) is 29.2 Å². The highest BCUT2D eigenvalue weighted by Crippen LogP contribution is 2.44. The van der Waals surface area contributed by atoms with Gasteiger partial charge in [0.15, 0.2) is 5.82 Å². The molecule has 3 aliphatic heterocycles. The molecule has 0 radical (unpaired) electrons. The first kappa shape index (κ1) is 26.6. The van der Waals surface area contributed by atoms with Crippen molar-refractivity contribution in [2.75, 3.05) is 43.1 Å². The molecular formula is C24H32ClIN6O3S. The van der Waals surface area contributed by atoms with Crippen LogP contribution in [0.1, 0.15) is 37.1 Å². The number of nitrogens with zero attached hydrogens (tertiary/aromatic N) is 4. The fraction of sp³-hybridized carbons (Fsp3) is 0.625. The zero-order valence-corrected chi connectivity index (χ0v) is 24.0. The second-order valence-electron chi connectivity index (χ2n) is 9.68. The molecule has 5 heterocycles. The highest BCUT2D eigenvalue weighted by molar-refractivity contribution is 14.1. The summed E-state index contributed by atoms with van der Waals surface area (Å²) < 4.78 is 11.4. The van der Waals surface area contributed by atoms with Crippen molar-refractivity contribution in [3.8, 4) is 0 Å². The third kappa shape index (κ3) is 5.43. The molecule has 0 bridgehead atoms. The minimum Gasteiger partial charge on any atom is -0.390 e. The first-order valence-electron chi connectivity index (χ1n) is 12.3. The molecule has 2 aromatic heterocycles. The van der Waals surface area contributed by atoms with Crippen molar-refractivity contribution in [3.63, 3.8) is 0 Å². The zero-order valence-electron chi connectivity index (χ0n) is 20.3. The number of piperidine rings is 1. The monoisotopic (exact) mass is 646 g/mol. The number of halogens is 2. The Labute approximate surface area is 234 Å². The third-order valence-corrected chi connectivity index (χ3v) is 10.2. The first-order valence-corrected chi connectivity index (χ1v) is 14.8. The zero-order chi connectivity index (χ0) is 25.3. The van der Waals surface area contributed by atoms with Crippen LogP contribution >= 0.6 is 46.0 Å². The summed E-state index contributed by atoms with van der Waals surface area (Å²) in [6.45, 7) is 5.58. The number of alkyl halides is 1. The molecule has 0 aromatic carbocycles. The Morgan fingerprint density at radius 3 is 2.72 bits per heavy atom. The molecule has 3 saturated heterocycles. The summed E-state index contributed by atoms with van der Waals surface area (Å²) in [6.07, 6.45) is 5.48. The van der Waals surface area contributed by atoms with E-state index in [9.17, 15) is 5.11 Å². The van der Waals surface area contributed by atoms with Crippen LogP contribution < -0.4 is 16.0 Å². The topological polar surface area (TPSA) is 119 Å². The standard InChI is InChI=1S/C24H32ClIN6O3S/c1-14-23(36-17-2-7-28-21(18(17)25)30-15-3-10-34-11-4-15)31-16(12-33)22(29-14)32-8-5-24(6-9-32)13-35-20(26)19(24)27/h2,7,15,19-20,33H,3-6,8-13,27H2,1H3,(H,28,30)/t19-,20-/m1/s1. The second kappa shape index (κ2) is 11.4. The molecule has 2 atom stereocenters. The summed E-state index contributed by atoms with van der Waals surface area (Å²) in [6, 6.07) is 2.22. The Morgan fingerprint density at radius 1 is 1.31 bits per heavy atom. The maximum absolute atomic E-state index is 10.2. The minimum atomic E-state index is -0.184. The van der Waals surface area contributed by atoms with E-state index in [1.165, 1.54) is 11.8 Å². The van der Waals surface area contributed by atoms with Gasteiger partial charge in [0.05, 0.1) is 23.9 Å². The maximum atomic E-state index is 10.2. The number of aliphatic hydroxyl groups is 1. The van der Waals surface area contributed by atoms with Gasteiger partial charge in [0.1, 0.15) is 20.6 Å². The minimum absolute atomic E-state index is 0.0223. The molecule has 0 amide bonds. The lowest BCUT2D eigenvalue weighted by molar-refractivity contribution is 0.0904. The van der Waals surface area contributed by atoms with Crippen molar-refractivity contribution in [2.45, 2.75) is 65.3 Å². The molecular weight excluding hydrogens is 615 g/mol. The van der Waals surface area contributed by atoms with Crippen molar-refractivity contribution < 1.29 is 14.6 Å². The number of nitrogens with two attached hydrogens (primary N) is 1. The smallest absolute Gasteiger partial charge is 0.153 e. The number of anilines is 2. The van der Waals surface area contributed by atoms with Crippen LogP contribution in [0.25, 0.3) is 0 Å². The lowest BCUT2D eigenvalue weighted by atomic mass is 9.75. The molecule has 5 rings (SSSR count). The summed E-state index contributed by atoms with van der Waals surface area (Å²) in [5.41, 5.74) is 7.87. The van der Waals surface area contributed by atoms with Gasteiger partial charge >= 0.3 is 0 Å². The Hall–Kier alpha value is -0.960. The van der Waals surface area contributed by atoms with Crippen molar-refractivity contribution >= 4 is 57.6 Å². The van der Waals surface area contributed by atoms with Crippen molar-refractivity contribution in [1.29, 1.82) is 0 Å². The van der Waals surface area contributed by atoms with Crippen LogP contribution in [-0.2, 0) is 16.1 Å². The van der Waals surface area contributed by atoms with Gasteiger partial charge < -0.3 is 30.5 Å². The number of hydrogen-bond donors (Lipinski definition) is 3. The Balaban J connectivity index is 1.32. The van der Waals surface area contributed by atoms with Gasteiger partial charge in [-0.15, -0.1) is 0 Å². The highest BCUT2D eigenvalue weighted by Gasteiger charge is 2.48. The molecule has 2 aromatic rings. The van der Waals surface area contributed by atoms with Gasteiger partial charge in [-0.2, -0.15) is 0 Å². The highest BCUT2D eigenvalue weighted by atomic mass is 127. The van der Waals surface area contributed by atoms with Gasteiger partial charge in [-0.1, -0.05) is 23.4 Å². The predicted octanol–water partition coefficient (Wildman–Crippen LogP) is 3.77. The Morgan fingerprint density at radius 2 is 2.06 bits per heavy atom. The van der Waals surface area contributed by atoms with Crippen molar-refractivity contribution in [2.24, 2.45) is 11.1 Å². The van der Waals surface area contributed by atoms with Gasteiger partial charge in [0, 0.05) is 54.9 Å². The van der Waals surface area contributed by atoms with Crippen LogP contribution in [0, 0.1) is 12.3 Å². The molecule has 0 saturated carbocycles. The molecule has 0 aliphatic carbocycles. The van der Waals surface area contributed by atoms with Crippen LogP contribution in [-0.4, -0.2) is 69.2 Å². The van der Waals surface area contributed by atoms with Crippen molar-refractivity contribution in [3.05, 3.63) is 28.7 Å². The number of aliphatic hydroxyl groups excluding tert-OH is 1. The van der Waals surface area contributed by atoms with Gasteiger partial charge in [-0.25, -0.2) is 15.0 Å². The lowest BCUT2D eigenvalue weighted by Gasteiger charge is -2.41. The van der Waals surface area contributed by atoms with Crippen LogP contribution in [0.5, 0.6) is 0 Å². The molecule has 4 N–H and O–H groups in total. The summed E-state index contributed by atoms with van der Waals surface area (Å²) in [7, 11) is 0. The van der Waals surface area contributed by atoms with Crippen molar-refractivity contribution in [1.82, 2.24) is 15.0 Å². The van der Waals surface area contributed by atoms with Gasteiger partial charge in [0.25, 0.3) is 0 Å². The summed E-state index contributed by atoms with van der Waals surface area (Å²) in [5.74, 6) is 1.42. The van der Waals surface area contributed by atoms with Crippen LogP contribution in [0.3, 0.4) is 0 Å². The number of ether oxygens (including phenoxy) is 2. The summed E-state index contributed by atoms with van der Waals surface area (Å²) >= 11 is 10.5. The average molecular weight is 647 g/mol. The van der Waals surface area contributed by atoms with E-state index in [4.69, 9.17) is 36.8 Å². The Bertz CT molecular complexity index is 1080. The third-order valence-electron chi connectivity index (χ3n) is 7.43. The largest absolute Gasteiger partial charge is 0.390 e. The van der Waals surface area contributed by atoms with Gasteiger partial charge in [-0.05, 0) is 61.3 Å². The van der Waals surface area contributed by atoms with E-state index < -0.39 is 0 Å². The lowest BCUT2D eigenvalue weighted by Crippen LogP contribution is -2.50. The molecule has 3 aliphatic rings. The van der Waals surface area contributed by atoms with E-state index in [1.807, 2.05) is 13.0 Å². The Kier molecular flexibility index (Phi) is 8.45. The first-order chi connectivity index (χ1) is 17.4. The number of rotatable bonds is 6. The van der Waals surface area contributed by atoms with E-state index in [0.717, 1.165) is 73.4 Å². The van der Waals surface area contributed by atoms with Crippen LogP contribution in [0.4, 0.5) is 11.6 Å². The summed E-state index contributed by atoms with van der Waals surface area (Å²) in [5, 5.41) is 14.9. The molecule has 9 nitrogen and oxygen atoms in total. The predicted molar refractivity (Wildman–Crippen MR) is 149 cm³/mol. The maximum Gasteiger partial charge on any atom is 0.153 e. The molecule has 1 spiro atoms. The average Bonchev–Trinajstić information content (AvgIpc) is 3.17. The van der Waals surface area contributed by atoms with E-state index in [1.54, 1.807) is 6.20 Å². The summed E-state index contributed by atoms with van der Waals surface area (Å²) in [4.78, 5) is 17.2. The normalized spacial score (nSPS) is 24.4. The second-order valence-corrected chi connectivity index (χ2v) is 12.3. The van der Waals surface area contributed by atoms with E-state index in [2.05, 4.69) is 37.8 Å². The number of hydrogen-bond acceptors (Lipinski definition) is 10. The SMILES string of the molecule is Cc1nc(N2CCC3(CC2)CO[C@@H](I)[C@H]3N)c(CO)nc1Sc1ccnc(NC2CCOCC2)c1Cl. The van der Waals surface area contributed by atoms with Crippen LogP contribution in [0.2, 0.25) is 5.02 Å². The van der Waals surface area contributed by atoms with Crippen LogP contribution in [0.15, 0.2) is 22.2 Å². The van der Waals surface area contributed by atoms with E-state index in [-0.39, 0.29) is 22.2 Å². The number of aryl methyl sites for hydroxylation is 1. The molecule has 0 unspecified atom stereocenters. The quantitative estimate of drug-likeness (QED) is 0.316. The number of aromatic nitrogens is 3. The fourth-order valence-corrected chi connectivity index (χ4v) is 7.19. The van der Waals surface area contributed by atoms with Gasteiger partial charge in [0.2, 0.25) is 0 Å². The molecule has 196 valence electrons. The molecule has 36 heavy (non-hydrogen) atoms. The van der Waals surface area contributed by atoms with E-state index >= 15 is 0 Å². The number of nitrogens with one attached hydrogen (secondary N) is 1.